The molecule has 0 aliphatic heterocycles. The van der Waals surface area contributed by atoms with Crippen LogP contribution in [0.4, 0.5) is 5.69 Å². The second-order valence-corrected chi connectivity index (χ2v) is 13.3. The lowest BCUT2D eigenvalue weighted by Crippen LogP contribution is -2.53. The molecule has 4 aromatic carbocycles. The van der Waals surface area contributed by atoms with E-state index in [1.165, 1.54) is 35.2 Å². The molecule has 0 bridgehead atoms. The van der Waals surface area contributed by atoms with Gasteiger partial charge in [-0.3, -0.25) is 13.9 Å². The fourth-order valence-corrected chi connectivity index (χ4v) is 6.82. The number of rotatable bonds is 15. The van der Waals surface area contributed by atoms with Gasteiger partial charge in [-0.1, -0.05) is 97.2 Å². The number of halogens is 2. The molecule has 4 aromatic rings. The van der Waals surface area contributed by atoms with E-state index in [-0.39, 0.29) is 39.5 Å². The van der Waals surface area contributed by atoms with Gasteiger partial charge in [0, 0.05) is 24.5 Å². The maximum Gasteiger partial charge on any atom is 0.264 e. The van der Waals surface area contributed by atoms with Gasteiger partial charge in [-0.05, 0) is 60.0 Å². The van der Waals surface area contributed by atoms with Gasteiger partial charge >= 0.3 is 0 Å². The first-order valence-electron chi connectivity index (χ1n) is 14.9. The third-order valence-electron chi connectivity index (χ3n) is 7.37. The summed E-state index contributed by atoms with van der Waals surface area (Å²) in [6.07, 6.45) is 1.85. The molecule has 0 saturated carbocycles. The third-order valence-corrected chi connectivity index (χ3v) is 9.70. The highest BCUT2D eigenvalue weighted by Gasteiger charge is 2.35. The number of hydrogen-bond donors (Lipinski definition) is 1. The van der Waals surface area contributed by atoms with Crippen LogP contribution in [0, 0.1) is 0 Å². The molecule has 0 saturated heterocycles. The van der Waals surface area contributed by atoms with Gasteiger partial charge in [0.2, 0.25) is 11.8 Å². The predicted octanol–water partition coefficient (Wildman–Crippen LogP) is 6.75. The lowest BCUT2D eigenvalue weighted by atomic mass is 10.0. The molecular weight excluding hydrogens is 645 g/mol. The van der Waals surface area contributed by atoms with Crippen LogP contribution < -0.4 is 14.4 Å². The van der Waals surface area contributed by atoms with Crippen molar-refractivity contribution in [3.05, 3.63) is 124 Å². The number of unbranched alkanes of at least 4 members (excludes halogenated alkanes) is 1. The molecule has 2 amide bonds. The highest BCUT2D eigenvalue weighted by atomic mass is 35.5. The molecule has 242 valence electrons. The summed E-state index contributed by atoms with van der Waals surface area (Å²) in [5, 5.41) is 3.31. The molecule has 0 fully saturated rings. The fourth-order valence-electron chi connectivity index (χ4n) is 4.94. The molecule has 0 aliphatic rings. The molecule has 46 heavy (non-hydrogen) atoms. The summed E-state index contributed by atoms with van der Waals surface area (Å²) in [5.74, 6) is -0.368. The lowest BCUT2D eigenvalue weighted by molar-refractivity contribution is -0.140. The van der Waals surface area contributed by atoms with Crippen LogP contribution in [0.1, 0.15) is 30.9 Å². The molecule has 1 unspecified atom stereocenters. The second kappa shape index (κ2) is 16.5. The summed E-state index contributed by atoms with van der Waals surface area (Å²) < 4.78 is 34.6. The van der Waals surface area contributed by atoms with Crippen LogP contribution in [-0.4, -0.2) is 51.4 Å². The monoisotopic (exact) mass is 681 g/mol. The van der Waals surface area contributed by atoms with E-state index in [0.29, 0.717) is 17.9 Å². The Kier molecular flexibility index (Phi) is 12.5. The van der Waals surface area contributed by atoms with Crippen LogP contribution in [0.15, 0.2) is 108 Å². The zero-order chi connectivity index (χ0) is 33.1. The highest BCUT2D eigenvalue weighted by molar-refractivity contribution is 7.92. The van der Waals surface area contributed by atoms with Gasteiger partial charge in [0.1, 0.15) is 18.3 Å². The lowest BCUT2D eigenvalue weighted by Gasteiger charge is -2.34. The summed E-state index contributed by atoms with van der Waals surface area (Å²) >= 11 is 12.8. The minimum atomic E-state index is -4.31. The SMILES string of the molecule is CCCCNC(=O)C(Cc1ccccc1)N(Cc1cccc(OC)c1)C(=O)CN(c1cc(Cl)ccc1Cl)S(=O)(=O)c1ccccc1. The van der Waals surface area contributed by atoms with Crippen LogP contribution in [0.25, 0.3) is 0 Å². The number of ether oxygens (including phenoxy) is 1. The van der Waals surface area contributed by atoms with Crippen molar-refractivity contribution in [2.24, 2.45) is 0 Å². The number of sulfonamides is 1. The number of nitrogens with one attached hydrogen (secondary N) is 1. The minimum Gasteiger partial charge on any atom is -0.497 e. The van der Waals surface area contributed by atoms with Gasteiger partial charge in [-0.2, -0.15) is 0 Å². The van der Waals surface area contributed by atoms with Crippen LogP contribution in [-0.2, 0) is 32.6 Å². The van der Waals surface area contributed by atoms with Crippen LogP contribution in [0.2, 0.25) is 10.0 Å². The first-order valence-corrected chi connectivity index (χ1v) is 17.1. The Morgan fingerprint density at radius 2 is 1.54 bits per heavy atom. The standard InChI is InChI=1S/C35H37Cl2N3O5S/c1-3-4-20-38-35(42)33(22-26-12-7-5-8-13-26)39(24-27-14-11-15-29(21-27)45-2)34(41)25-40(32-23-28(36)18-19-31(32)37)46(43,44)30-16-9-6-10-17-30/h5-19,21,23,33H,3-4,20,22,24-25H2,1-2H3,(H,38,42). The van der Waals surface area contributed by atoms with Crippen molar-refractivity contribution in [2.75, 3.05) is 24.5 Å². The largest absolute Gasteiger partial charge is 0.497 e. The third kappa shape index (κ3) is 9.02. The Morgan fingerprint density at radius 1 is 0.870 bits per heavy atom. The summed E-state index contributed by atoms with van der Waals surface area (Å²) in [4.78, 5) is 29.8. The van der Waals surface area contributed by atoms with E-state index in [2.05, 4.69) is 5.32 Å². The van der Waals surface area contributed by atoms with Gasteiger partial charge in [-0.15, -0.1) is 0 Å². The molecule has 0 aliphatic carbocycles. The van der Waals surface area contributed by atoms with Crippen molar-refractivity contribution < 1.29 is 22.7 Å². The number of carbonyl (C=O) groups excluding carboxylic acids is 2. The molecule has 4 rings (SSSR count). The summed E-state index contributed by atoms with van der Waals surface area (Å²) in [6, 6.07) is 27.8. The van der Waals surface area contributed by atoms with Crippen LogP contribution in [0.3, 0.4) is 0 Å². The van der Waals surface area contributed by atoms with E-state index in [1.54, 1.807) is 43.5 Å². The molecule has 0 heterocycles. The van der Waals surface area contributed by atoms with Gasteiger partial charge in [0.15, 0.2) is 0 Å². The maximum atomic E-state index is 14.6. The number of carbonyl (C=O) groups is 2. The second-order valence-electron chi connectivity index (χ2n) is 10.6. The number of hydrogen-bond acceptors (Lipinski definition) is 5. The molecule has 11 heteroatoms. The highest BCUT2D eigenvalue weighted by Crippen LogP contribution is 2.33. The van der Waals surface area contributed by atoms with Crippen molar-refractivity contribution in [3.63, 3.8) is 0 Å². The number of amides is 2. The first kappa shape index (κ1) is 34.8. The van der Waals surface area contributed by atoms with Gasteiger partial charge in [0.25, 0.3) is 10.0 Å². The Balaban J connectivity index is 1.82. The Labute approximate surface area is 280 Å². The number of benzene rings is 4. The number of anilines is 1. The van der Waals surface area contributed by atoms with E-state index in [1.807, 2.05) is 43.3 Å². The smallest absolute Gasteiger partial charge is 0.264 e. The van der Waals surface area contributed by atoms with Crippen molar-refractivity contribution >= 4 is 50.7 Å². The minimum absolute atomic E-state index is 0.0111. The average Bonchev–Trinajstić information content (AvgIpc) is 3.07. The Morgan fingerprint density at radius 3 is 2.22 bits per heavy atom. The number of methoxy groups -OCH3 is 1. The van der Waals surface area contributed by atoms with Gasteiger partial charge in [-0.25, -0.2) is 8.42 Å². The molecule has 1 atom stereocenters. The molecule has 1 N–H and O–H groups in total. The van der Waals surface area contributed by atoms with Crippen molar-refractivity contribution in [3.8, 4) is 5.75 Å². The van der Waals surface area contributed by atoms with Gasteiger partial charge in [0.05, 0.1) is 22.7 Å². The quantitative estimate of drug-likeness (QED) is 0.140. The normalized spacial score (nSPS) is 11.8. The van der Waals surface area contributed by atoms with E-state index >= 15 is 0 Å². The molecule has 0 aromatic heterocycles. The van der Waals surface area contributed by atoms with E-state index in [0.717, 1.165) is 22.7 Å². The molecule has 8 nitrogen and oxygen atoms in total. The van der Waals surface area contributed by atoms with E-state index in [9.17, 15) is 18.0 Å². The number of nitrogens with zero attached hydrogens (tertiary/aromatic N) is 2. The van der Waals surface area contributed by atoms with Crippen molar-refractivity contribution in [2.45, 2.75) is 43.7 Å². The zero-order valence-corrected chi connectivity index (χ0v) is 28.1. The molecular formula is C35H37Cl2N3O5S. The predicted molar refractivity (Wildman–Crippen MR) is 183 cm³/mol. The maximum absolute atomic E-state index is 14.6. The topological polar surface area (TPSA) is 96.0 Å². The van der Waals surface area contributed by atoms with Crippen LogP contribution >= 0.6 is 23.2 Å². The van der Waals surface area contributed by atoms with E-state index in [4.69, 9.17) is 27.9 Å². The average molecular weight is 683 g/mol. The molecule has 0 spiro atoms. The summed E-state index contributed by atoms with van der Waals surface area (Å²) in [6.45, 7) is 1.83. The molecule has 0 radical (unpaired) electrons. The van der Waals surface area contributed by atoms with Crippen LogP contribution in [0.5, 0.6) is 5.75 Å². The van der Waals surface area contributed by atoms with Gasteiger partial charge < -0.3 is 15.0 Å². The summed E-state index contributed by atoms with van der Waals surface area (Å²) in [5.41, 5.74) is 1.58. The zero-order valence-electron chi connectivity index (χ0n) is 25.7. The van der Waals surface area contributed by atoms with Crippen molar-refractivity contribution in [1.82, 2.24) is 10.2 Å². The first-order chi connectivity index (χ1) is 22.1. The Hall–Kier alpha value is -4.05. The summed E-state index contributed by atoms with van der Waals surface area (Å²) in [7, 11) is -2.76. The Bertz CT molecular complexity index is 1720. The van der Waals surface area contributed by atoms with Crippen molar-refractivity contribution in [1.29, 1.82) is 0 Å². The van der Waals surface area contributed by atoms with E-state index < -0.39 is 28.5 Å². The fraction of sp³-hybridized carbons (Fsp3) is 0.257.